The number of halogens is 2. The highest BCUT2D eigenvalue weighted by molar-refractivity contribution is 6.05. The summed E-state index contributed by atoms with van der Waals surface area (Å²) in [7, 11) is 1.92. The van der Waals surface area contributed by atoms with Crippen molar-refractivity contribution in [1.29, 1.82) is 0 Å². The van der Waals surface area contributed by atoms with Gasteiger partial charge in [-0.1, -0.05) is 12.1 Å². The Labute approximate surface area is 168 Å². The quantitative estimate of drug-likeness (QED) is 0.475. The van der Waals surface area contributed by atoms with Gasteiger partial charge in [-0.25, -0.2) is 4.98 Å². The van der Waals surface area contributed by atoms with Crippen molar-refractivity contribution in [3.63, 3.8) is 0 Å². The van der Waals surface area contributed by atoms with Gasteiger partial charge in [0.15, 0.2) is 0 Å². The number of benzene rings is 1. The van der Waals surface area contributed by atoms with E-state index in [0.717, 1.165) is 28.8 Å². The molecule has 142 valence electrons. The molecule has 3 N–H and O–H groups in total. The van der Waals surface area contributed by atoms with E-state index in [-0.39, 0.29) is 30.7 Å². The number of amides is 1. The van der Waals surface area contributed by atoms with Crippen LogP contribution < -0.4 is 10.6 Å². The Morgan fingerprint density at radius 3 is 2.81 bits per heavy atom. The molecule has 9 heteroatoms. The second-order valence-electron chi connectivity index (χ2n) is 5.88. The molecule has 1 amide bonds. The van der Waals surface area contributed by atoms with Crippen LogP contribution in [0.15, 0.2) is 48.9 Å². The molecule has 0 aliphatic carbocycles. The van der Waals surface area contributed by atoms with Crippen LogP contribution in [0.4, 0.5) is 0 Å². The molecule has 0 atom stereocenters. The smallest absolute Gasteiger partial charge is 0.252 e. The first-order valence-electron chi connectivity index (χ1n) is 8.06. The van der Waals surface area contributed by atoms with E-state index in [0.29, 0.717) is 12.1 Å². The summed E-state index contributed by atoms with van der Waals surface area (Å²) < 4.78 is 1.98. The third kappa shape index (κ3) is 4.21. The van der Waals surface area contributed by atoms with Gasteiger partial charge in [0.2, 0.25) is 0 Å². The fourth-order valence-corrected chi connectivity index (χ4v) is 2.92. The van der Waals surface area contributed by atoms with Crippen LogP contribution in [-0.4, -0.2) is 32.5 Å². The monoisotopic (exact) mass is 406 g/mol. The first-order valence-corrected chi connectivity index (χ1v) is 8.06. The molecule has 4 aromatic rings. The highest BCUT2D eigenvalue weighted by atomic mass is 35.5. The minimum atomic E-state index is -0.139. The molecule has 1 aromatic carbocycles. The lowest BCUT2D eigenvalue weighted by atomic mass is 10.1. The molecule has 0 radical (unpaired) electrons. The molecule has 3 heterocycles. The number of fused-ring (bicyclic) bond motifs is 2. The zero-order valence-electron chi connectivity index (χ0n) is 14.6. The minimum absolute atomic E-state index is 0. The molecule has 0 saturated heterocycles. The number of nitrogens with zero attached hydrogens (tertiary/aromatic N) is 3. The van der Waals surface area contributed by atoms with Crippen LogP contribution in [0, 0.1) is 0 Å². The molecule has 0 unspecified atom stereocenters. The van der Waals surface area contributed by atoms with Crippen LogP contribution in [0.25, 0.3) is 16.6 Å². The predicted molar refractivity (Wildman–Crippen MR) is 110 cm³/mol. The molecule has 3 aromatic heterocycles. The lowest BCUT2D eigenvalue weighted by Gasteiger charge is -2.04. The highest BCUT2D eigenvalue weighted by Crippen LogP contribution is 2.16. The van der Waals surface area contributed by atoms with E-state index in [9.17, 15) is 4.79 Å². The van der Waals surface area contributed by atoms with Crippen molar-refractivity contribution in [3.05, 3.63) is 65.7 Å². The standard InChI is InChI=1S/C18H18N6O.2ClH/c1-19-7-12-5-6-17-22-13(11-24(17)10-12)8-20-18(25)14-3-2-4-16-15(14)9-21-23-16;;/h2-6,9-11,19H,7-8H2,1H3,(H,20,25)(H,21,23);2*1H. The average Bonchev–Trinajstić information content (AvgIpc) is 3.25. The van der Waals surface area contributed by atoms with E-state index < -0.39 is 0 Å². The van der Waals surface area contributed by atoms with Gasteiger partial charge in [-0.2, -0.15) is 5.10 Å². The topological polar surface area (TPSA) is 87.1 Å². The molecule has 0 aliphatic rings. The second kappa shape index (κ2) is 8.85. The first kappa shape index (κ1) is 20.7. The Morgan fingerprint density at radius 1 is 1.15 bits per heavy atom. The molecule has 4 rings (SSSR count). The third-order valence-electron chi connectivity index (χ3n) is 4.10. The Balaban J connectivity index is 0.00000131. The fraction of sp³-hybridized carbons (Fsp3) is 0.167. The third-order valence-corrected chi connectivity index (χ3v) is 4.10. The first-order chi connectivity index (χ1) is 12.2. The number of aromatic nitrogens is 4. The number of nitrogens with one attached hydrogen (secondary N) is 3. The van der Waals surface area contributed by atoms with Gasteiger partial charge in [0.1, 0.15) is 5.65 Å². The summed E-state index contributed by atoms with van der Waals surface area (Å²) in [6.45, 7) is 1.17. The van der Waals surface area contributed by atoms with Gasteiger partial charge in [-0.15, -0.1) is 24.8 Å². The summed E-state index contributed by atoms with van der Waals surface area (Å²) in [5, 5.41) is 13.7. The number of rotatable bonds is 5. The van der Waals surface area contributed by atoms with Crippen molar-refractivity contribution in [2.75, 3.05) is 7.05 Å². The van der Waals surface area contributed by atoms with Crippen molar-refractivity contribution in [2.24, 2.45) is 0 Å². The van der Waals surface area contributed by atoms with Gasteiger partial charge in [0, 0.05) is 24.3 Å². The fourth-order valence-electron chi connectivity index (χ4n) is 2.92. The number of H-pyrrole nitrogens is 1. The molecule has 7 nitrogen and oxygen atoms in total. The van der Waals surface area contributed by atoms with Gasteiger partial charge in [0.05, 0.1) is 29.5 Å². The Hall–Kier alpha value is -2.61. The molecule has 0 aliphatic heterocycles. The lowest BCUT2D eigenvalue weighted by Crippen LogP contribution is -2.23. The van der Waals surface area contributed by atoms with Crippen LogP contribution >= 0.6 is 24.8 Å². The van der Waals surface area contributed by atoms with Gasteiger partial charge >= 0.3 is 0 Å². The number of hydrogen-bond donors (Lipinski definition) is 3. The van der Waals surface area contributed by atoms with Crippen LogP contribution in [0.1, 0.15) is 21.6 Å². The summed E-state index contributed by atoms with van der Waals surface area (Å²) in [5.74, 6) is -0.139. The molecule has 0 spiro atoms. The molecule has 0 saturated carbocycles. The Kier molecular flexibility index (Phi) is 6.79. The van der Waals surface area contributed by atoms with Gasteiger partial charge in [0.25, 0.3) is 5.91 Å². The van der Waals surface area contributed by atoms with Gasteiger partial charge < -0.3 is 15.0 Å². The number of aromatic amines is 1. The van der Waals surface area contributed by atoms with E-state index in [1.165, 1.54) is 5.56 Å². The van der Waals surface area contributed by atoms with Crippen LogP contribution in [-0.2, 0) is 13.1 Å². The summed E-state index contributed by atoms with van der Waals surface area (Å²) in [6.07, 6.45) is 5.64. The largest absolute Gasteiger partial charge is 0.346 e. The van der Waals surface area contributed by atoms with E-state index in [1.54, 1.807) is 12.3 Å². The summed E-state index contributed by atoms with van der Waals surface area (Å²) in [6, 6.07) is 9.54. The minimum Gasteiger partial charge on any atom is -0.346 e. The summed E-state index contributed by atoms with van der Waals surface area (Å²) in [5.41, 5.74) is 4.30. The number of hydrogen-bond acceptors (Lipinski definition) is 4. The normalized spacial score (nSPS) is 10.4. The zero-order valence-corrected chi connectivity index (χ0v) is 16.2. The Bertz CT molecular complexity index is 1060. The van der Waals surface area contributed by atoms with E-state index in [2.05, 4.69) is 25.8 Å². The maximum absolute atomic E-state index is 12.5. The summed E-state index contributed by atoms with van der Waals surface area (Å²) >= 11 is 0. The zero-order chi connectivity index (χ0) is 17.2. The van der Waals surface area contributed by atoms with Crippen molar-refractivity contribution < 1.29 is 4.79 Å². The van der Waals surface area contributed by atoms with Crippen LogP contribution in [0.2, 0.25) is 0 Å². The maximum Gasteiger partial charge on any atom is 0.252 e. The van der Waals surface area contributed by atoms with Crippen LogP contribution in [0.3, 0.4) is 0 Å². The van der Waals surface area contributed by atoms with Crippen molar-refractivity contribution in [1.82, 2.24) is 30.2 Å². The van der Waals surface area contributed by atoms with E-state index in [1.807, 2.05) is 48.1 Å². The molecule has 0 bridgehead atoms. The SMILES string of the molecule is CNCc1ccc2nc(CNC(=O)c3cccc4[nH]ncc34)cn2c1.Cl.Cl. The lowest BCUT2D eigenvalue weighted by molar-refractivity contribution is 0.0952. The van der Waals surface area contributed by atoms with Crippen LogP contribution in [0.5, 0.6) is 0 Å². The van der Waals surface area contributed by atoms with Gasteiger partial charge in [-0.3, -0.25) is 9.89 Å². The number of imidazole rings is 1. The van der Waals surface area contributed by atoms with Crippen molar-refractivity contribution in [3.8, 4) is 0 Å². The molecular weight excluding hydrogens is 387 g/mol. The molecular formula is C18H20Cl2N6O. The molecule has 27 heavy (non-hydrogen) atoms. The number of pyridine rings is 1. The number of carbonyl (C=O) groups excluding carboxylic acids is 1. The maximum atomic E-state index is 12.5. The van der Waals surface area contributed by atoms with E-state index in [4.69, 9.17) is 0 Å². The second-order valence-corrected chi connectivity index (χ2v) is 5.88. The summed E-state index contributed by atoms with van der Waals surface area (Å²) in [4.78, 5) is 17.0. The predicted octanol–water partition coefficient (Wildman–Crippen LogP) is 2.70. The number of carbonyl (C=O) groups is 1. The van der Waals surface area contributed by atoms with Crippen molar-refractivity contribution in [2.45, 2.75) is 13.1 Å². The highest BCUT2D eigenvalue weighted by Gasteiger charge is 2.11. The Morgan fingerprint density at radius 2 is 2.00 bits per heavy atom. The van der Waals surface area contributed by atoms with E-state index >= 15 is 0 Å². The van der Waals surface area contributed by atoms with Crippen molar-refractivity contribution >= 4 is 47.3 Å². The average molecular weight is 407 g/mol. The molecule has 0 fully saturated rings. The van der Waals surface area contributed by atoms with Gasteiger partial charge in [-0.05, 0) is 30.8 Å².